The highest BCUT2D eigenvalue weighted by Crippen LogP contribution is 2.16. The third kappa shape index (κ3) is 1.23. The summed E-state index contributed by atoms with van der Waals surface area (Å²) in [5.74, 6) is 0. The number of hydrogen-bond acceptors (Lipinski definition) is 3. The summed E-state index contributed by atoms with van der Waals surface area (Å²) in [7, 11) is 0. The number of benzene rings is 1. The summed E-state index contributed by atoms with van der Waals surface area (Å²) < 4.78 is 0. The molecule has 0 radical (unpaired) electrons. The molecule has 0 N–H and O–H groups in total. The van der Waals surface area contributed by atoms with E-state index in [1.165, 1.54) is 0 Å². The van der Waals surface area contributed by atoms with Crippen molar-refractivity contribution in [3.8, 4) is 6.07 Å². The molecule has 3 heteroatoms. The van der Waals surface area contributed by atoms with Gasteiger partial charge in [0.15, 0.2) is 0 Å². The second kappa shape index (κ2) is 2.83. The molecule has 0 spiro atoms. The monoisotopic (exact) mass is 169 g/mol. The zero-order valence-electron chi connectivity index (χ0n) is 7.15. The van der Waals surface area contributed by atoms with E-state index in [1.807, 2.05) is 19.1 Å². The van der Waals surface area contributed by atoms with E-state index in [1.54, 1.807) is 12.3 Å². The van der Waals surface area contributed by atoms with E-state index in [9.17, 15) is 0 Å². The van der Waals surface area contributed by atoms with Crippen LogP contribution in [0.3, 0.4) is 0 Å². The van der Waals surface area contributed by atoms with E-state index in [2.05, 4.69) is 16.3 Å². The van der Waals surface area contributed by atoms with Crippen LogP contribution in [0.1, 0.15) is 11.3 Å². The summed E-state index contributed by atoms with van der Waals surface area (Å²) in [4.78, 5) is 0. The van der Waals surface area contributed by atoms with Gasteiger partial charge in [0, 0.05) is 10.8 Å². The Hall–Kier alpha value is -1.95. The van der Waals surface area contributed by atoms with Gasteiger partial charge in [-0.1, -0.05) is 6.07 Å². The molecule has 0 saturated heterocycles. The maximum absolute atomic E-state index is 8.68. The molecule has 0 aliphatic carbocycles. The zero-order chi connectivity index (χ0) is 9.26. The molecule has 0 amide bonds. The molecule has 0 atom stereocenters. The van der Waals surface area contributed by atoms with Crippen LogP contribution in [0, 0.1) is 18.3 Å². The van der Waals surface area contributed by atoms with Gasteiger partial charge in [-0.2, -0.15) is 15.5 Å². The van der Waals surface area contributed by atoms with Crippen LogP contribution < -0.4 is 0 Å². The van der Waals surface area contributed by atoms with Crippen molar-refractivity contribution in [2.45, 2.75) is 6.92 Å². The lowest BCUT2D eigenvalue weighted by Gasteiger charge is -1.98. The van der Waals surface area contributed by atoms with Crippen LogP contribution in [0.15, 0.2) is 24.4 Å². The molecule has 0 bridgehead atoms. The number of hydrogen-bond donors (Lipinski definition) is 0. The van der Waals surface area contributed by atoms with Gasteiger partial charge in [-0.25, -0.2) is 0 Å². The number of aryl methyl sites for hydroxylation is 1. The van der Waals surface area contributed by atoms with E-state index >= 15 is 0 Å². The van der Waals surface area contributed by atoms with Crippen LogP contribution >= 0.6 is 0 Å². The quantitative estimate of drug-likeness (QED) is 0.604. The highest BCUT2D eigenvalue weighted by Gasteiger charge is 1.99. The molecule has 2 aromatic rings. The normalized spacial score (nSPS) is 9.85. The average molecular weight is 169 g/mol. The molecule has 13 heavy (non-hydrogen) atoms. The Morgan fingerprint density at radius 1 is 1.38 bits per heavy atom. The van der Waals surface area contributed by atoms with Crippen molar-refractivity contribution in [3.63, 3.8) is 0 Å². The molecule has 0 saturated carbocycles. The topological polar surface area (TPSA) is 49.6 Å². The van der Waals surface area contributed by atoms with Crippen LogP contribution in [-0.2, 0) is 0 Å². The van der Waals surface area contributed by atoms with Crippen LogP contribution in [0.5, 0.6) is 0 Å². The zero-order valence-corrected chi connectivity index (χ0v) is 7.15. The van der Waals surface area contributed by atoms with Crippen molar-refractivity contribution in [2.24, 2.45) is 0 Å². The van der Waals surface area contributed by atoms with Crippen molar-refractivity contribution in [2.75, 3.05) is 0 Å². The summed E-state index contributed by atoms with van der Waals surface area (Å²) >= 11 is 0. The summed E-state index contributed by atoms with van der Waals surface area (Å²) in [6.45, 7) is 1.90. The van der Waals surface area contributed by atoms with Crippen LogP contribution in [-0.4, -0.2) is 10.2 Å². The molecule has 62 valence electrons. The minimum absolute atomic E-state index is 0.653. The Balaban J connectivity index is 2.82. The van der Waals surface area contributed by atoms with E-state index in [4.69, 9.17) is 5.26 Å². The first kappa shape index (κ1) is 7.69. The van der Waals surface area contributed by atoms with Gasteiger partial charge in [0.05, 0.1) is 23.5 Å². The van der Waals surface area contributed by atoms with Gasteiger partial charge in [-0.05, 0) is 19.1 Å². The van der Waals surface area contributed by atoms with Gasteiger partial charge in [0.25, 0.3) is 0 Å². The molecule has 0 fully saturated rings. The summed E-state index contributed by atoms with van der Waals surface area (Å²) in [5, 5.41) is 18.5. The molecule has 1 aromatic heterocycles. The number of fused-ring (bicyclic) bond motifs is 1. The third-order valence-corrected chi connectivity index (χ3v) is 1.98. The first-order valence-corrected chi connectivity index (χ1v) is 3.93. The predicted octanol–water partition coefficient (Wildman–Crippen LogP) is 1.81. The molecule has 3 nitrogen and oxygen atoms in total. The Labute approximate surface area is 75.6 Å². The maximum atomic E-state index is 8.68. The van der Waals surface area contributed by atoms with Crippen molar-refractivity contribution in [1.29, 1.82) is 5.26 Å². The second-order valence-corrected chi connectivity index (χ2v) is 2.84. The first-order valence-electron chi connectivity index (χ1n) is 3.93. The van der Waals surface area contributed by atoms with Crippen molar-refractivity contribution in [1.82, 2.24) is 10.2 Å². The lowest BCUT2D eigenvalue weighted by Crippen LogP contribution is -1.87. The fourth-order valence-electron chi connectivity index (χ4n) is 1.30. The van der Waals surface area contributed by atoms with Crippen molar-refractivity contribution in [3.05, 3.63) is 35.7 Å². The van der Waals surface area contributed by atoms with Gasteiger partial charge in [0.2, 0.25) is 0 Å². The lowest BCUT2D eigenvalue weighted by atomic mass is 10.1. The van der Waals surface area contributed by atoms with Gasteiger partial charge in [-0.15, -0.1) is 0 Å². The standard InChI is InChI=1S/C10H7N3/c1-7-10-3-2-8(5-11)4-9(10)6-12-13-7/h2-4,6H,1H3. The van der Waals surface area contributed by atoms with Crippen LogP contribution in [0.4, 0.5) is 0 Å². The minimum atomic E-state index is 0.653. The Morgan fingerprint density at radius 3 is 3.00 bits per heavy atom. The maximum Gasteiger partial charge on any atom is 0.0991 e. The van der Waals surface area contributed by atoms with E-state index in [-0.39, 0.29) is 0 Å². The smallest absolute Gasteiger partial charge is 0.0991 e. The minimum Gasteiger partial charge on any atom is -0.192 e. The number of nitrogens with zero attached hydrogens (tertiary/aromatic N) is 3. The molecular formula is C10H7N3. The molecule has 2 rings (SSSR count). The largest absolute Gasteiger partial charge is 0.192 e. The van der Waals surface area contributed by atoms with Crippen LogP contribution in [0.2, 0.25) is 0 Å². The Bertz CT molecular complexity index is 497. The van der Waals surface area contributed by atoms with Crippen molar-refractivity contribution < 1.29 is 0 Å². The summed E-state index contributed by atoms with van der Waals surface area (Å²) in [5.41, 5.74) is 1.54. The fourth-order valence-corrected chi connectivity index (χ4v) is 1.30. The Kier molecular flexibility index (Phi) is 1.67. The van der Waals surface area contributed by atoms with E-state index in [0.717, 1.165) is 16.5 Å². The van der Waals surface area contributed by atoms with E-state index in [0.29, 0.717) is 5.56 Å². The SMILES string of the molecule is Cc1nncc2cc(C#N)ccc12. The third-order valence-electron chi connectivity index (χ3n) is 1.98. The average Bonchev–Trinajstić information content (AvgIpc) is 2.18. The molecule has 0 aliphatic rings. The second-order valence-electron chi connectivity index (χ2n) is 2.84. The van der Waals surface area contributed by atoms with E-state index < -0.39 is 0 Å². The molecule has 1 heterocycles. The highest BCUT2D eigenvalue weighted by atomic mass is 15.1. The molecule has 0 aliphatic heterocycles. The first-order chi connectivity index (χ1) is 6.31. The van der Waals surface area contributed by atoms with Gasteiger partial charge >= 0.3 is 0 Å². The van der Waals surface area contributed by atoms with Gasteiger partial charge in [0.1, 0.15) is 0 Å². The Morgan fingerprint density at radius 2 is 2.23 bits per heavy atom. The summed E-state index contributed by atoms with van der Waals surface area (Å²) in [6, 6.07) is 7.60. The number of rotatable bonds is 0. The molecular weight excluding hydrogens is 162 g/mol. The van der Waals surface area contributed by atoms with Gasteiger partial charge in [-0.3, -0.25) is 0 Å². The van der Waals surface area contributed by atoms with Crippen LogP contribution in [0.25, 0.3) is 10.8 Å². The number of aromatic nitrogens is 2. The highest BCUT2D eigenvalue weighted by molar-refractivity contribution is 5.84. The predicted molar refractivity (Wildman–Crippen MR) is 49.0 cm³/mol. The van der Waals surface area contributed by atoms with Crippen molar-refractivity contribution >= 4 is 10.8 Å². The van der Waals surface area contributed by atoms with Gasteiger partial charge < -0.3 is 0 Å². The lowest BCUT2D eigenvalue weighted by molar-refractivity contribution is 1.00. The summed E-state index contributed by atoms with van der Waals surface area (Å²) in [6.07, 6.45) is 1.67. The fraction of sp³-hybridized carbons (Fsp3) is 0.100. The number of nitriles is 1. The molecule has 1 aromatic carbocycles. The molecule has 0 unspecified atom stereocenters.